The Bertz CT molecular complexity index is 838. The minimum absolute atomic E-state index is 0.0259. The predicted molar refractivity (Wildman–Crippen MR) is 86.3 cm³/mol. The van der Waals surface area contributed by atoms with E-state index >= 15 is 0 Å². The lowest BCUT2D eigenvalue weighted by Crippen LogP contribution is -2.14. The highest BCUT2D eigenvalue weighted by Crippen LogP contribution is 2.29. The summed E-state index contributed by atoms with van der Waals surface area (Å²) in [6.07, 6.45) is -3.91. The molecule has 0 aliphatic rings. The second-order valence-electron chi connectivity index (χ2n) is 5.82. The van der Waals surface area contributed by atoms with E-state index in [0.29, 0.717) is 11.8 Å². The number of halogens is 4. The molecule has 8 heteroatoms. The van der Waals surface area contributed by atoms with Gasteiger partial charge in [-0.1, -0.05) is 18.1 Å². The maximum atomic E-state index is 12.6. The van der Waals surface area contributed by atoms with Gasteiger partial charge >= 0.3 is 6.18 Å². The van der Waals surface area contributed by atoms with Crippen LogP contribution < -0.4 is 0 Å². The van der Waals surface area contributed by atoms with Gasteiger partial charge in [0.25, 0.3) is 0 Å². The standard InChI is InChI=1S/C17H14ClF3N2O2/c1-16(2,25)8-7-13-14(10-24)23(15(18)22-13)9-11-3-5-12(6-4-11)17(19,20)21/h3-6,10,25H,9H2,1-2H3. The zero-order chi connectivity index (χ0) is 18.8. The number of rotatable bonds is 3. The zero-order valence-corrected chi connectivity index (χ0v) is 14.1. The Labute approximate surface area is 147 Å². The molecular weight excluding hydrogens is 357 g/mol. The molecule has 1 heterocycles. The lowest BCUT2D eigenvalue weighted by Gasteiger charge is -2.09. The number of hydrogen-bond donors (Lipinski definition) is 1. The van der Waals surface area contributed by atoms with Crippen LogP contribution in [0.5, 0.6) is 0 Å². The van der Waals surface area contributed by atoms with Crippen molar-refractivity contribution >= 4 is 17.9 Å². The van der Waals surface area contributed by atoms with E-state index in [-0.39, 0.29) is 23.2 Å². The highest BCUT2D eigenvalue weighted by molar-refractivity contribution is 6.28. The Morgan fingerprint density at radius 3 is 2.36 bits per heavy atom. The number of benzene rings is 1. The summed E-state index contributed by atoms with van der Waals surface area (Å²) in [4.78, 5) is 15.3. The van der Waals surface area contributed by atoms with Crippen molar-refractivity contribution < 1.29 is 23.1 Å². The molecule has 0 unspecified atom stereocenters. The number of nitrogens with zero attached hydrogens (tertiary/aromatic N) is 2. The molecule has 2 aromatic rings. The Morgan fingerprint density at radius 1 is 1.28 bits per heavy atom. The second kappa shape index (κ2) is 6.90. The molecule has 0 radical (unpaired) electrons. The Kier molecular flexibility index (Phi) is 5.26. The van der Waals surface area contributed by atoms with Crippen LogP contribution in [0.1, 0.15) is 41.2 Å². The first-order chi connectivity index (χ1) is 11.5. The first-order valence-corrected chi connectivity index (χ1v) is 7.52. The number of carbonyl (C=O) groups excluding carboxylic acids is 1. The Balaban J connectivity index is 2.35. The monoisotopic (exact) mass is 370 g/mol. The fourth-order valence-electron chi connectivity index (χ4n) is 1.99. The molecule has 0 aliphatic heterocycles. The number of carbonyl (C=O) groups is 1. The van der Waals surface area contributed by atoms with Crippen LogP contribution >= 0.6 is 11.6 Å². The predicted octanol–water partition coefficient (Wildman–Crippen LogP) is 3.54. The van der Waals surface area contributed by atoms with Gasteiger partial charge in [0.1, 0.15) is 17.0 Å². The maximum Gasteiger partial charge on any atom is 0.416 e. The molecule has 132 valence electrons. The summed E-state index contributed by atoms with van der Waals surface area (Å²) < 4.78 is 39.1. The topological polar surface area (TPSA) is 55.1 Å². The van der Waals surface area contributed by atoms with Crippen LogP contribution in [-0.2, 0) is 12.7 Å². The third kappa shape index (κ3) is 4.84. The minimum Gasteiger partial charge on any atom is -0.378 e. The van der Waals surface area contributed by atoms with Gasteiger partial charge in [0.05, 0.1) is 12.1 Å². The van der Waals surface area contributed by atoms with Crippen molar-refractivity contribution in [2.45, 2.75) is 32.2 Å². The molecular formula is C17H14ClF3N2O2. The quantitative estimate of drug-likeness (QED) is 0.664. The zero-order valence-electron chi connectivity index (χ0n) is 13.4. The van der Waals surface area contributed by atoms with Crippen LogP contribution in [0.2, 0.25) is 5.28 Å². The van der Waals surface area contributed by atoms with E-state index < -0.39 is 17.3 Å². The van der Waals surface area contributed by atoms with Crippen LogP contribution in [0.25, 0.3) is 0 Å². The number of aldehydes is 1. The lowest BCUT2D eigenvalue weighted by atomic mass is 10.1. The summed E-state index contributed by atoms with van der Waals surface area (Å²) in [5, 5.41) is 9.60. The van der Waals surface area contributed by atoms with E-state index in [1.165, 1.54) is 30.5 Å². The molecule has 4 nitrogen and oxygen atoms in total. The van der Waals surface area contributed by atoms with Crippen molar-refractivity contribution in [3.63, 3.8) is 0 Å². The van der Waals surface area contributed by atoms with Gasteiger partial charge in [-0.05, 0) is 49.1 Å². The van der Waals surface area contributed by atoms with E-state index in [2.05, 4.69) is 16.8 Å². The van der Waals surface area contributed by atoms with Gasteiger partial charge in [0.15, 0.2) is 6.29 Å². The first kappa shape index (κ1) is 19.0. The van der Waals surface area contributed by atoms with Crippen molar-refractivity contribution in [2.24, 2.45) is 0 Å². The minimum atomic E-state index is -4.42. The molecule has 0 saturated carbocycles. The van der Waals surface area contributed by atoms with E-state index in [0.717, 1.165) is 12.1 Å². The molecule has 2 rings (SSSR count). The number of imidazole rings is 1. The summed E-state index contributed by atoms with van der Waals surface area (Å²) >= 11 is 6.02. The fraction of sp³-hybridized carbons (Fsp3) is 0.294. The number of alkyl halides is 3. The number of aromatic nitrogens is 2. The smallest absolute Gasteiger partial charge is 0.378 e. The third-order valence-corrected chi connectivity index (χ3v) is 3.47. The summed E-state index contributed by atoms with van der Waals surface area (Å²) in [6.45, 7) is 3.00. The van der Waals surface area contributed by atoms with Crippen LogP contribution in [0, 0.1) is 11.8 Å². The largest absolute Gasteiger partial charge is 0.416 e. The summed E-state index contributed by atoms with van der Waals surface area (Å²) in [5.74, 6) is 5.11. The molecule has 0 saturated heterocycles. The summed E-state index contributed by atoms with van der Waals surface area (Å²) in [6, 6.07) is 4.51. The van der Waals surface area contributed by atoms with E-state index in [1.807, 2.05) is 0 Å². The van der Waals surface area contributed by atoms with Crippen LogP contribution in [0.15, 0.2) is 24.3 Å². The first-order valence-electron chi connectivity index (χ1n) is 7.14. The van der Waals surface area contributed by atoms with Crippen molar-refractivity contribution in [1.82, 2.24) is 9.55 Å². The number of hydrogen-bond acceptors (Lipinski definition) is 3. The summed E-state index contributed by atoms with van der Waals surface area (Å²) in [5.41, 5.74) is -1.35. The summed E-state index contributed by atoms with van der Waals surface area (Å²) in [7, 11) is 0. The van der Waals surface area contributed by atoms with Gasteiger partial charge in [0, 0.05) is 0 Å². The molecule has 1 aromatic heterocycles. The highest BCUT2D eigenvalue weighted by atomic mass is 35.5. The van der Waals surface area contributed by atoms with Gasteiger partial charge in [-0.25, -0.2) is 4.98 Å². The van der Waals surface area contributed by atoms with Gasteiger partial charge < -0.3 is 9.67 Å². The van der Waals surface area contributed by atoms with E-state index in [4.69, 9.17) is 11.6 Å². The second-order valence-corrected chi connectivity index (χ2v) is 6.16. The molecule has 1 N–H and O–H groups in total. The van der Waals surface area contributed by atoms with Crippen LogP contribution in [0.3, 0.4) is 0 Å². The lowest BCUT2D eigenvalue weighted by molar-refractivity contribution is -0.137. The Hall–Kier alpha value is -2.30. The van der Waals surface area contributed by atoms with E-state index in [9.17, 15) is 23.1 Å². The molecule has 0 amide bonds. The highest BCUT2D eigenvalue weighted by Gasteiger charge is 2.30. The molecule has 0 atom stereocenters. The van der Waals surface area contributed by atoms with Gasteiger partial charge in [-0.2, -0.15) is 13.2 Å². The molecule has 1 aromatic carbocycles. The van der Waals surface area contributed by atoms with Gasteiger partial charge in [0.2, 0.25) is 5.28 Å². The average Bonchev–Trinajstić information content (AvgIpc) is 2.80. The van der Waals surface area contributed by atoms with Crippen molar-refractivity contribution in [3.8, 4) is 11.8 Å². The molecule has 0 fully saturated rings. The molecule has 0 spiro atoms. The number of aliphatic hydroxyl groups is 1. The van der Waals surface area contributed by atoms with Crippen molar-refractivity contribution in [3.05, 3.63) is 52.1 Å². The van der Waals surface area contributed by atoms with Crippen molar-refractivity contribution in [2.75, 3.05) is 0 Å². The van der Waals surface area contributed by atoms with Gasteiger partial charge in [-0.3, -0.25) is 4.79 Å². The van der Waals surface area contributed by atoms with Crippen LogP contribution in [0.4, 0.5) is 13.2 Å². The van der Waals surface area contributed by atoms with Crippen LogP contribution in [-0.4, -0.2) is 26.5 Å². The van der Waals surface area contributed by atoms with E-state index in [1.54, 1.807) is 0 Å². The van der Waals surface area contributed by atoms with Crippen molar-refractivity contribution in [1.29, 1.82) is 0 Å². The van der Waals surface area contributed by atoms with Gasteiger partial charge in [-0.15, -0.1) is 0 Å². The normalized spacial score (nSPS) is 11.8. The molecule has 0 bridgehead atoms. The Morgan fingerprint density at radius 2 is 1.88 bits per heavy atom. The molecule has 0 aliphatic carbocycles. The third-order valence-electron chi connectivity index (χ3n) is 3.18. The fourth-order valence-corrected chi connectivity index (χ4v) is 2.23. The molecule has 25 heavy (non-hydrogen) atoms. The SMILES string of the molecule is CC(C)(O)C#Cc1nc(Cl)n(Cc2ccc(C(F)(F)F)cc2)c1C=O. The maximum absolute atomic E-state index is 12.6. The average molecular weight is 371 g/mol.